The van der Waals surface area contributed by atoms with Crippen LogP contribution in [0.3, 0.4) is 0 Å². The van der Waals surface area contributed by atoms with Gasteiger partial charge in [-0.3, -0.25) is 9.80 Å². The summed E-state index contributed by atoms with van der Waals surface area (Å²) in [4.78, 5) is 9.38. The molecule has 1 aromatic rings. The van der Waals surface area contributed by atoms with Crippen molar-refractivity contribution in [2.75, 3.05) is 50.5 Å². The van der Waals surface area contributed by atoms with Gasteiger partial charge in [-0.1, -0.05) is 0 Å². The van der Waals surface area contributed by atoms with E-state index in [1.807, 2.05) is 4.57 Å². The van der Waals surface area contributed by atoms with Crippen LogP contribution in [0.4, 0.5) is 0 Å². The highest BCUT2D eigenvalue weighted by molar-refractivity contribution is 7.99. The quantitative estimate of drug-likeness (QED) is 0.680. The van der Waals surface area contributed by atoms with Gasteiger partial charge >= 0.3 is 0 Å². The summed E-state index contributed by atoms with van der Waals surface area (Å²) in [5, 5.41) is 0.179. The van der Waals surface area contributed by atoms with Crippen molar-refractivity contribution in [2.45, 2.75) is 56.1 Å². The Morgan fingerprint density at radius 3 is 2.57 bits per heavy atom. The van der Waals surface area contributed by atoms with Crippen LogP contribution in [0.5, 0.6) is 0 Å². The Labute approximate surface area is 172 Å². The zero-order chi connectivity index (χ0) is 19.6. The number of rotatable bonds is 6. The molecule has 0 amide bonds. The number of aromatic nitrogens is 2. The molecule has 3 aliphatic heterocycles. The van der Waals surface area contributed by atoms with E-state index in [1.54, 1.807) is 6.20 Å². The molecule has 0 N–H and O–H groups in total. The minimum atomic E-state index is -3.35. The van der Waals surface area contributed by atoms with Crippen molar-refractivity contribution in [3.05, 3.63) is 11.9 Å². The van der Waals surface area contributed by atoms with Crippen LogP contribution in [-0.2, 0) is 27.7 Å². The van der Waals surface area contributed by atoms with E-state index in [0.717, 1.165) is 44.8 Å². The molecule has 158 valence electrons. The topological polar surface area (TPSA) is 67.7 Å². The average Bonchev–Trinajstić information content (AvgIpc) is 3.34. The Kier molecular flexibility index (Phi) is 6.67. The van der Waals surface area contributed by atoms with Crippen molar-refractivity contribution in [1.29, 1.82) is 0 Å². The number of likely N-dealkylation sites (tertiary alicyclic amines) is 1. The number of piperidine rings is 1. The van der Waals surface area contributed by atoms with Crippen LogP contribution in [0.1, 0.15) is 31.4 Å². The Morgan fingerprint density at radius 2 is 1.93 bits per heavy atom. The average molecular weight is 429 g/mol. The first kappa shape index (κ1) is 20.7. The number of nitrogens with zero attached hydrogens (tertiary/aromatic N) is 4. The van der Waals surface area contributed by atoms with Crippen molar-refractivity contribution in [2.24, 2.45) is 0 Å². The van der Waals surface area contributed by atoms with Gasteiger partial charge in [0.25, 0.3) is 0 Å². The molecule has 3 fully saturated rings. The van der Waals surface area contributed by atoms with Crippen LogP contribution in [0, 0.1) is 0 Å². The van der Waals surface area contributed by atoms with Crippen molar-refractivity contribution in [3.63, 3.8) is 0 Å². The molecule has 0 unspecified atom stereocenters. The van der Waals surface area contributed by atoms with Crippen LogP contribution in [0.2, 0.25) is 0 Å². The highest BCUT2D eigenvalue weighted by Crippen LogP contribution is 2.23. The Hall–Kier alpha value is -0.610. The zero-order valence-corrected chi connectivity index (χ0v) is 18.4. The van der Waals surface area contributed by atoms with Gasteiger partial charge in [0.05, 0.1) is 24.5 Å². The molecular weight excluding hydrogens is 396 g/mol. The van der Waals surface area contributed by atoms with Gasteiger partial charge in [0, 0.05) is 63.1 Å². The van der Waals surface area contributed by atoms with Gasteiger partial charge in [-0.15, -0.1) is 0 Å². The fraction of sp³-hybridized carbons (Fsp3) is 0.842. The van der Waals surface area contributed by atoms with Crippen molar-refractivity contribution in [3.8, 4) is 0 Å². The fourth-order valence-electron chi connectivity index (χ4n) is 4.62. The highest BCUT2D eigenvalue weighted by atomic mass is 32.2. The second-order valence-corrected chi connectivity index (χ2v) is 11.3. The predicted molar refractivity (Wildman–Crippen MR) is 112 cm³/mol. The predicted octanol–water partition coefficient (Wildman–Crippen LogP) is 1.48. The molecule has 28 heavy (non-hydrogen) atoms. The summed E-state index contributed by atoms with van der Waals surface area (Å²) < 4.78 is 32.1. The second kappa shape index (κ2) is 9.04. The third kappa shape index (κ3) is 4.92. The molecule has 0 aromatic carbocycles. The first-order valence-corrected chi connectivity index (χ1v) is 13.5. The van der Waals surface area contributed by atoms with Crippen LogP contribution < -0.4 is 0 Å². The molecule has 3 saturated heterocycles. The molecule has 0 spiro atoms. The first-order chi connectivity index (χ1) is 13.5. The summed E-state index contributed by atoms with van der Waals surface area (Å²) in [5.74, 6) is 2.52. The molecule has 3 aliphatic rings. The summed E-state index contributed by atoms with van der Waals surface area (Å²) in [6.07, 6.45) is 7.52. The smallest absolute Gasteiger partial charge is 0.227 e. The lowest BCUT2D eigenvalue weighted by molar-refractivity contribution is 0.0906. The lowest BCUT2D eigenvalue weighted by Gasteiger charge is -2.40. The third-order valence-corrected chi connectivity index (χ3v) is 8.08. The number of sulfone groups is 1. The Morgan fingerprint density at radius 1 is 1.18 bits per heavy atom. The minimum Gasteiger partial charge on any atom is -0.376 e. The van der Waals surface area contributed by atoms with Crippen LogP contribution >= 0.6 is 11.8 Å². The number of thioether (sulfide) groups is 1. The fourth-order valence-corrected chi connectivity index (χ4v) is 6.38. The molecule has 1 aromatic heterocycles. The van der Waals surface area contributed by atoms with Gasteiger partial charge < -0.3 is 9.30 Å². The van der Waals surface area contributed by atoms with Crippen molar-refractivity contribution in [1.82, 2.24) is 19.4 Å². The largest absolute Gasteiger partial charge is 0.376 e. The standard InChI is InChI=1S/C19H32N4O3S2/c1-28(24,25)19-20-13-17(23(19)15-18-3-2-10-26-18)14-21-6-4-16(5-7-21)22-8-11-27-12-9-22/h13,16,18H,2-12,14-15H2,1H3/t18-/m0/s1. The highest BCUT2D eigenvalue weighted by Gasteiger charge is 2.28. The third-order valence-electron chi connectivity index (χ3n) is 6.15. The summed E-state index contributed by atoms with van der Waals surface area (Å²) >= 11 is 2.06. The summed E-state index contributed by atoms with van der Waals surface area (Å²) in [5.41, 5.74) is 0.990. The molecule has 4 rings (SSSR count). The SMILES string of the molecule is CS(=O)(=O)c1ncc(CN2CCC(N3CCSCC3)CC2)n1C[C@@H]1CCCO1. The molecule has 0 saturated carbocycles. The number of ether oxygens (including phenoxy) is 1. The summed E-state index contributed by atoms with van der Waals surface area (Å²) in [7, 11) is -3.35. The van der Waals surface area contributed by atoms with Gasteiger partial charge in [-0.05, 0) is 25.7 Å². The molecule has 7 nitrogen and oxygen atoms in total. The molecule has 9 heteroatoms. The minimum absolute atomic E-state index is 0.0937. The van der Waals surface area contributed by atoms with Gasteiger partial charge in [0.2, 0.25) is 15.0 Å². The van der Waals surface area contributed by atoms with Crippen LogP contribution in [0.25, 0.3) is 0 Å². The maximum atomic E-state index is 12.2. The van der Waals surface area contributed by atoms with Crippen LogP contribution in [-0.4, -0.2) is 90.5 Å². The Bertz CT molecular complexity index is 747. The maximum Gasteiger partial charge on any atom is 0.227 e. The van der Waals surface area contributed by atoms with Crippen molar-refractivity contribution < 1.29 is 13.2 Å². The summed E-state index contributed by atoms with van der Waals surface area (Å²) in [6.45, 7) is 6.69. The van der Waals surface area contributed by atoms with Crippen molar-refractivity contribution >= 4 is 21.6 Å². The molecule has 0 radical (unpaired) electrons. The lowest BCUT2D eigenvalue weighted by atomic mass is 10.0. The first-order valence-electron chi connectivity index (χ1n) is 10.4. The summed E-state index contributed by atoms with van der Waals surface area (Å²) in [6, 6.07) is 0.709. The van der Waals surface area contributed by atoms with Gasteiger partial charge in [0.15, 0.2) is 0 Å². The molecular formula is C19H32N4O3S2. The molecule has 0 bridgehead atoms. The van der Waals surface area contributed by atoms with Gasteiger partial charge in [0.1, 0.15) is 0 Å². The number of hydrogen-bond donors (Lipinski definition) is 0. The van der Waals surface area contributed by atoms with Gasteiger partial charge in [-0.2, -0.15) is 11.8 Å². The van der Waals surface area contributed by atoms with E-state index in [2.05, 4.69) is 26.5 Å². The van der Waals surface area contributed by atoms with E-state index in [0.29, 0.717) is 12.6 Å². The monoisotopic (exact) mass is 428 g/mol. The van der Waals surface area contributed by atoms with E-state index in [-0.39, 0.29) is 11.3 Å². The van der Waals surface area contributed by atoms with E-state index in [1.165, 1.54) is 43.7 Å². The second-order valence-electron chi connectivity index (χ2n) is 8.21. The van der Waals surface area contributed by atoms with E-state index in [9.17, 15) is 8.42 Å². The number of imidazole rings is 1. The van der Waals surface area contributed by atoms with E-state index >= 15 is 0 Å². The van der Waals surface area contributed by atoms with E-state index < -0.39 is 9.84 Å². The normalized spacial score (nSPS) is 26.1. The maximum absolute atomic E-state index is 12.2. The zero-order valence-electron chi connectivity index (χ0n) is 16.8. The Balaban J connectivity index is 1.41. The van der Waals surface area contributed by atoms with Crippen LogP contribution in [0.15, 0.2) is 11.4 Å². The molecule has 4 heterocycles. The molecule has 1 atom stereocenters. The van der Waals surface area contributed by atoms with E-state index in [4.69, 9.17) is 4.74 Å². The lowest BCUT2D eigenvalue weighted by Crippen LogP contribution is -2.47. The van der Waals surface area contributed by atoms with Gasteiger partial charge in [-0.25, -0.2) is 13.4 Å². The number of hydrogen-bond acceptors (Lipinski definition) is 7. The molecule has 0 aliphatic carbocycles.